The summed E-state index contributed by atoms with van der Waals surface area (Å²) in [5.74, 6) is 0.894. The van der Waals surface area contributed by atoms with Gasteiger partial charge in [-0.15, -0.1) is 11.8 Å². The number of amides is 1. The lowest BCUT2D eigenvalue weighted by Gasteiger charge is -2.62. The first-order chi connectivity index (χ1) is 15.2. The fourth-order valence-corrected chi connectivity index (χ4v) is 9.27. The van der Waals surface area contributed by atoms with Gasteiger partial charge in [0.15, 0.2) is 0 Å². The van der Waals surface area contributed by atoms with Gasteiger partial charge in [0.1, 0.15) is 11.9 Å². The van der Waals surface area contributed by atoms with Crippen LogP contribution in [0, 0.1) is 29.0 Å². The van der Waals surface area contributed by atoms with Crippen molar-refractivity contribution in [3.63, 3.8) is 0 Å². The number of nitrogens with zero attached hydrogens (tertiary/aromatic N) is 1. The molecule has 1 aliphatic heterocycles. The van der Waals surface area contributed by atoms with Crippen LogP contribution >= 0.6 is 11.8 Å². The molecular weight excluding hydrogens is 451 g/mol. The summed E-state index contributed by atoms with van der Waals surface area (Å²) in [4.78, 5) is 13.0. The molecule has 10 heteroatoms. The van der Waals surface area contributed by atoms with E-state index in [4.69, 9.17) is 5.26 Å². The van der Waals surface area contributed by atoms with E-state index in [9.17, 15) is 17.6 Å². The molecule has 4 atom stereocenters. The Morgan fingerprint density at radius 2 is 1.84 bits per heavy atom. The molecule has 1 heterocycles. The van der Waals surface area contributed by atoms with Gasteiger partial charge in [-0.3, -0.25) is 10.1 Å². The van der Waals surface area contributed by atoms with Crippen molar-refractivity contribution in [3.05, 3.63) is 30.1 Å². The summed E-state index contributed by atoms with van der Waals surface area (Å²) in [7, 11) is -3.80. The van der Waals surface area contributed by atoms with Crippen molar-refractivity contribution in [3.8, 4) is 6.07 Å². The number of hydrogen-bond acceptors (Lipinski definition) is 6. The quantitative estimate of drug-likeness (QED) is 0.578. The summed E-state index contributed by atoms with van der Waals surface area (Å²) in [6, 6.07) is 6.85. The zero-order valence-electron chi connectivity index (χ0n) is 17.6. The van der Waals surface area contributed by atoms with Gasteiger partial charge >= 0.3 is 0 Å². The summed E-state index contributed by atoms with van der Waals surface area (Å²) in [5.41, 5.74) is -0.985. The summed E-state index contributed by atoms with van der Waals surface area (Å²) in [6.45, 7) is 0. The Balaban J connectivity index is 1.31. The highest BCUT2D eigenvalue weighted by Gasteiger charge is 2.59. The lowest BCUT2D eigenvalue weighted by atomic mass is 9.50. The van der Waals surface area contributed by atoms with E-state index in [1.54, 1.807) is 11.8 Å². The number of rotatable bonds is 6. The molecule has 5 fully saturated rings. The van der Waals surface area contributed by atoms with Gasteiger partial charge in [-0.2, -0.15) is 5.26 Å². The van der Waals surface area contributed by atoms with Crippen molar-refractivity contribution < 1.29 is 17.6 Å². The Hall–Kier alpha value is -1.67. The van der Waals surface area contributed by atoms with Crippen molar-refractivity contribution in [2.45, 2.75) is 72.3 Å². The average molecular weight is 479 g/mol. The minimum absolute atomic E-state index is 0.0490. The van der Waals surface area contributed by atoms with Crippen LogP contribution in [0.5, 0.6) is 0 Å². The highest BCUT2D eigenvalue weighted by molar-refractivity contribution is 8.00. The van der Waals surface area contributed by atoms with Gasteiger partial charge in [-0.25, -0.2) is 17.5 Å². The maximum Gasteiger partial charge on any atom is 0.241 e. The standard InChI is InChI=1S/C22H27FN4O3S2/c23-16-1-3-18(4-2-16)32(29,30)27-22-9-14-5-15(10-22)8-21(7-14,13-22)26-19(28)6-20-25-17(11-24)12-31-20/h1-4,14-15,17,20,25,27H,5-10,12-13H2,(H,26,28). The Labute approximate surface area is 192 Å². The first-order valence-electron chi connectivity index (χ1n) is 11.1. The second-order valence-corrected chi connectivity index (χ2v) is 12.9. The molecule has 1 aromatic carbocycles. The SMILES string of the molecule is N#CC1CSC(CC(=O)NC23CC4CC(C2)CC(NS(=O)(=O)c2ccc(F)cc2)(C4)C3)N1. The third-order valence-corrected chi connectivity index (χ3v) is 10.1. The molecule has 4 saturated carbocycles. The largest absolute Gasteiger partial charge is 0.350 e. The van der Waals surface area contributed by atoms with Gasteiger partial charge in [-0.1, -0.05) is 0 Å². The van der Waals surface area contributed by atoms with Crippen LogP contribution in [-0.2, 0) is 14.8 Å². The molecule has 0 spiro atoms. The van der Waals surface area contributed by atoms with Gasteiger partial charge in [0, 0.05) is 16.8 Å². The predicted octanol–water partition coefficient (Wildman–Crippen LogP) is 2.26. The number of hydrogen-bond donors (Lipinski definition) is 3. The minimum atomic E-state index is -3.80. The van der Waals surface area contributed by atoms with Gasteiger partial charge in [0.25, 0.3) is 0 Å². The van der Waals surface area contributed by atoms with Crippen LogP contribution in [0.25, 0.3) is 0 Å². The maximum absolute atomic E-state index is 13.3. The number of nitrogens with one attached hydrogen (secondary N) is 3. The number of halogens is 1. The zero-order chi connectivity index (χ0) is 22.6. The third kappa shape index (κ3) is 4.28. The van der Waals surface area contributed by atoms with E-state index >= 15 is 0 Å². The van der Waals surface area contributed by atoms with E-state index in [0.29, 0.717) is 30.4 Å². The maximum atomic E-state index is 13.3. The first kappa shape index (κ1) is 22.1. The molecule has 1 saturated heterocycles. The van der Waals surface area contributed by atoms with Gasteiger partial charge in [-0.05, 0) is 74.6 Å². The normalized spacial score (nSPS) is 37.9. The Bertz CT molecular complexity index is 1040. The van der Waals surface area contributed by atoms with Crippen LogP contribution in [0.1, 0.15) is 44.9 Å². The summed E-state index contributed by atoms with van der Waals surface area (Å²) in [6.07, 6.45) is 5.24. The lowest BCUT2D eigenvalue weighted by molar-refractivity contribution is -0.127. The Kier molecular flexibility index (Phi) is 5.52. The van der Waals surface area contributed by atoms with Crippen molar-refractivity contribution in [1.29, 1.82) is 5.26 Å². The molecule has 6 rings (SSSR count). The molecule has 32 heavy (non-hydrogen) atoms. The molecule has 0 aromatic heterocycles. The van der Waals surface area contributed by atoms with Crippen LogP contribution in [0.2, 0.25) is 0 Å². The van der Waals surface area contributed by atoms with Crippen LogP contribution in [0.4, 0.5) is 4.39 Å². The molecule has 172 valence electrons. The molecule has 4 aliphatic carbocycles. The monoisotopic (exact) mass is 478 g/mol. The Morgan fingerprint density at radius 3 is 2.47 bits per heavy atom. The smallest absolute Gasteiger partial charge is 0.241 e. The van der Waals surface area contributed by atoms with Crippen molar-refractivity contribution in [2.24, 2.45) is 11.8 Å². The van der Waals surface area contributed by atoms with Crippen LogP contribution < -0.4 is 15.4 Å². The molecule has 1 amide bonds. The number of carbonyl (C=O) groups excluding carboxylic acids is 1. The van der Waals surface area contributed by atoms with E-state index in [1.807, 2.05) is 0 Å². The van der Waals surface area contributed by atoms with E-state index in [0.717, 1.165) is 44.2 Å². The molecule has 5 aliphatic rings. The number of carbonyl (C=O) groups is 1. The fourth-order valence-electron chi connectivity index (χ4n) is 6.73. The van der Waals surface area contributed by atoms with Gasteiger partial charge in [0.2, 0.25) is 15.9 Å². The number of thioether (sulfide) groups is 1. The zero-order valence-corrected chi connectivity index (χ0v) is 19.3. The van der Waals surface area contributed by atoms with Crippen molar-refractivity contribution in [1.82, 2.24) is 15.4 Å². The van der Waals surface area contributed by atoms with Crippen LogP contribution in [0.15, 0.2) is 29.2 Å². The molecule has 0 radical (unpaired) electrons. The third-order valence-electron chi connectivity index (χ3n) is 7.32. The fraction of sp³-hybridized carbons (Fsp3) is 0.636. The molecule has 4 bridgehead atoms. The molecule has 1 aromatic rings. The molecule has 7 nitrogen and oxygen atoms in total. The molecule has 3 N–H and O–H groups in total. The van der Waals surface area contributed by atoms with Crippen molar-refractivity contribution >= 4 is 27.7 Å². The summed E-state index contributed by atoms with van der Waals surface area (Å²) in [5, 5.41) is 15.4. The number of sulfonamides is 1. The van der Waals surface area contributed by atoms with E-state index in [2.05, 4.69) is 21.4 Å². The summed E-state index contributed by atoms with van der Waals surface area (Å²) < 4.78 is 42.4. The molecular formula is C22H27FN4O3S2. The van der Waals surface area contributed by atoms with E-state index in [-0.39, 0.29) is 22.2 Å². The van der Waals surface area contributed by atoms with Crippen molar-refractivity contribution in [2.75, 3.05) is 5.75 Å². The predicted molar refractivity (Wildman–Crippen MR) is 118 cm³/mol. The highest BCUT2D eigenvalue weighted by Crippen LogP contribution is 2.57. The first-order valence-corrected chi connectivity index (χ1v) is 13.6. The minimum Gasteiger partial charge on any atom is -0.350 e. The second-order valence-electron chi connectivity index (χ2n) is 10.0. The van der Waals surface area contributed by atoms with E-state index < -0.39 is 26.9 Å². The van der Waals surface area contributed by atoms with Gasteiger partial charge in [0.05, 0.1) is 22.8 Å². The molecule has 4 unspecified atom stereocenters. The van der Waals surface area contributed by atoms with E-state index in [1.165, 1.54) is 12.1 Å². The highest BCUT2D eigenvalue weighted by atomic mass is 32.2. The number of benzene rings is 1. The topological polar surface area (TPSA) is 111 Å². The number of nitriles is 1. The average Bonchev–Trinajstić information content (AvgIpc) is 3.13. The second kappa shape index (κ2) is 7.97. The Morgan fingerprint density at radius 1 is 1.19 bits per heavy atom. The summed E-state index contributed by atoms with van der Waals surface area (Å²) >= 11 is 1.59. The van der Waals surface area contributed by atoms with Crippen LogP contribution in [-0.4, -0.2) is 42.6 Å². The lowest BCUT2D eigenvalue weighted by Crippen LogP contribution is -2.69. The van der Waals surface area contributed by atoms with Gasteiger partial charge < -0.3 is 5.32 Å². The van der Waals surface area contributed by atoms with Crippen LogP contribution in [0.3, 0.4) is 0 Å².